The zero-order chi connectivity index (χ0) is 14.1. The molecule has 1 aromatic heterocycles. The Morgan fingerprint density at radius 1 is 1.05 bits per heavy atom. The van der Waals surface area contributed by atoms with Gasteiger partial charge < -0.3 is 0 Å². The van der Waals surface area contributed by atoms with Gasteiger partial charge in [0.2, 0.25) is 0 Å². The van der Waals surface area contributed by atoms with Crippen molar-refractivity contribution in [2.75, 3.05) is 0 Å². The van der Waals surface area contributed by atoms with Gasteiger partial charge in [0.05, 0.1) is 0 Å². The average molecular weight is 347 g/mol. The van der Waals surface area contributed by atoms with Crippen LogP contribution in [0.2, 0.25) is 5.02 Å². The molecule has 0 fully saturated rings. The highest BCUT2D eigenvalue weighted by atomic mass is 79.9. The minimum absolute atomic E-state index is 0.0714. The standard InChI is InChI=1S/C16H9BrClNO/c17-15-7-11(18)5-6-13(15)16(20)14-9-19-8-10-3-1-2-4-12(10)14/h1-9H. The van der Waals surface area contributed by atoms with Crippen LogP contribution in [0.1, 0.15) is 15.9 Å². The fourth-order valence-electron chi connectivity index (χ4n) is 2.12. The van der Waals surface area contributed by atoms with Gasteiger partial charge in [-0.2, -0.15) is 0 Å². The molecule has 20 heavy (non-hydrogen) atoms. The van der Waals surface area contributed by atoms with Crippen molar-refractivity contribution in [2.45, 2.75) is 0 Å². The lowest BCUT2D eigenvalue weighted by molar-refractivity contribution is 0.103. The van der Waals surface area contributed by atoms with Gasteiger partial charge >= 0.3 is 0 Å². The molecule has 0 aliphatic rings. The van der Waals surface area contributed by atoms with Crippen LogP contribution >= 0.6 is 27.5 Å². The topological polar surface area (TPSA) is 30.0 Å². The molecule has 2 aromatic carbocycles. The van der Waals surface area contributed by atoms with Gasteiger partial charge in [-0.05, 0) is 39.5 Å². The van der Waals surface area contributed by atoms with Crippen molar-refractivity contribution in [3.05, 3.63) is 75.5 Å². The van der Waals surface area contributed by atoms with Crippen LogP contribution in [-0.2, 0) is 0 Å². The van der Waals surface area contributed by atoms with Gasteiger partial charge in [0, 0.05) is 38.4 Å². The summed E-state index contributed by atoms with van der Waals surface area (Å²) in [6.07, 6.45) is 3.36. The molecule has 0 unspecified atom stereocenters. The van der Waals surface area contributed by atoms with Crippen LogP contribution in [0, 0.1) is 0 Å². The minimum atomic E-state index is -0.0714. The summed E-state index contributed by atoms with van der Waals surface area (Å²) in [6.45, 7) is 0. The molecule has 0 saturated heterocycles. The SMILES string of the molecule is O=C(c1ccc(Cl)cc1Br)c1cncc2ccccc12. The number of fused-ring (bicyclic) bond motifs is 1. The summed E-state index contributed by atoms with van der Waals surface area (Å²) in [5.41, 5.74) is 1.17. The van der Waals surface area contributed by atoms with E-state index in [1.54, 1.807) is 30.6 Å². The number of benzene rings is 2. The van der Waals surface area contributed by atoms with Gasteiger partial charge in [-0.25, -0.2) is 0 Å². The van der Waals surface area contributed by atoms with E-state index in [2.05, 4.69) is 20.9 Å². The summed E-state index contributed by atoms with van der Waals surface area (Å²) >= 11 is 9.29. The van der Waals surface area contributed by atoms with Crippen molar-refractivity contribution in [2.24, 2.45) is 0 Å². The van der Waals surface area contributed by atoms with Crippen LogP contribution in [0.3, 0.4) is 0 Å². The molecule has 3 aromatic rings. The van der Waals surface area contributed by atoms with E-state index in [0.29, 0.717) is 20.6 Å². The molecule has 0 radical (unpaired) electrons. The van der Waals surface area contributed by atoms with Gasteiger partial charge in [0.25, 0.3) is 0 Å². The van der Waals surface area contributed by atoms with Crippen LogP contribution in [0.15, 0.2) is 59.3 Å². The van der Waals surface area contributed by atoms with E-state index in [-0.39, 0.29) is 5.78 Å². The maximum absolute atomic E-state index is 12.7. The van der Waals surface area contributed by atoms with Crippen molar-refractivity contribution in [1.82, 2.24) is 4.98 Å². The number of rotatable bonds is 2. The first-order chi connectivity index (χ1) is 9.66. The maximum atomic E-state index is 12.7. The molecule has 0 N–H and O–H groups in total. The van der Waals surface area contributed by atoms with Crippen molar-refractivity contribution in [3.63, 3.8) is 0 Å². The monoisotopic (exact) mass is 345 g/mol. The smallest absolute Gasteiger partial charge is 0.196 e. The molecule has 0 aliphatic heterocycles. The first-order valence-corrected chi connectivity index (χ1v) is 7.16. The van der Waals surface area contributed by atoms with E-state index in [4.69, 9.17) is 11.6 Å². The summed E-state index contributed by atoms with van der Waals surface area (Å²) < 4.78 is 0.683. The average Bonchev–Trinajstić information content (AvgIpc) is 2.46. The predicted molar refractivity (Wildman–Crippen MR) is 84.3 cm³/mol. The molecular formula is C16H9BrClNO. The number of carbonyl (C=O) groups is 1. The number of carbonyl (C=O) groups excluding carboxylic acids is 1. The van der Waals surface area contributed by atoms with E-state index in [0.717, 1.165) is 10.8 Å². The van der Waals surface area contributed by atoms with Gasteiger partial charge in [-0.1, -0.05) is 35.9 Å². The van der Waals surface area contributed by atoms with Gasteiger partial charge in [0.1, 0.15) is 0 Å². The van der Waals surface area contributed by atoms with Crippen molar-refractivity contribution in [1.29, 1.82) is 0 Å². The number of aromatic nitrogens is 1. The molecule has 98 valence electrons. The normalized spacial score (nSPS) is 10.7. The van der Waals surface area contributed by atoms with Gasteiger partial charge in [-0.3, -0.25) is 9.78 Å². The summed E-state index contributed by atoms with van der Waals surface area (Å²) in [4.78, 5) is 16.8. The van der Waals surface area contributed by atoms with Gasteiger partial charge in [0.15, 0.2) is 5.78 Å². The number of hydrogen-bond acceptors (Lipinski definition) is 2. The Bertz CT molecular complexity index is 811. The zero-order valence-corrected chi connectivity index (χ0v) is 12.6. The molecule has 0 amide bonds. The molecule has 0 spiro atoms. The molecule has 2 nitrogen and oxygen atoms in total. The molecule has 4 heteroatoms. The fraction of sp³-hybridized carbons (Fsp3) is 0. The first kappa shape index (κ1) is 13.3. The molecule has 1 heterocycles. The van der Waals surface area contributed by atoms with Gasteiger partial charge in [-0.15, -0.1) is 0 Å². The third-order valence-corrected chi connectivity index (χ3v) is 3.98. The summed E-state index contributed by atoms with van der Waals surface area (Å²) in [6, 6.07) is 12.8. The Hall–Kier alpha value is -1.71. The Morgan fingerprint density at radius 2 is 1.85 bits per heavy atom. The largest absolute Gasteiger partial charge is 0.288 e. The third kappa shape index (κ3) is 2.35. The number of halogens is 2. The first-order valence-electron chi connectivity index (χ1n) is 5.99. The van der Waals surface area contributed by atoms with Crippen LogP contribution in [-0.4, -0.2) is 10.8 Å². The van der Waals surface area contributed by atoms with Crippen molar-refractivity contribution in [3.8, 4) is 0 Å². The van der Waals surface area contributed by atoms with Crippen LogP contribution in [0.5, 0.6) is 0 Å². The number of hydrogen-bond donors (Lipinski definition) is 0. The Morgan fingerprint density at radius 3 is 2.65 bits per heavy atom. The van der Waals surface area contributed by atoms with Crippen LogP contribution in [0.4, 0.5) is 0 Å². The second kappa shape index (κ2) is 5.35. The number of ketones is 1. The Balaban J connectivity index is 2.18. The number of nitrogens with zero attached hydrogens (tertiary/aromatic N) is 1. The molecule has 0 saturated carbocycles. The highest BCUT2D eigenvalue weighted by Gasteiger charge is 2.15. The molecule has 0 bridgehead atoms. The quantitative estimate of drug-likeness (QED) is 0.619. The Labute approximate surface area is 129 Å². The predicted octanol–water partition coefficient (Wildman–Crippen LogP) is 4.88. The van der Waals surface area contributed by atoms with E-state index in [1.165, 1.54) is 0 Å². The molecule has 0 atom stereocenters. The second-order valence-corrected chi connectivity index (χ2v) is 5.65. The minimum Gasteiger partial charge on any atom is -0.288 e. The molecule has 3 rings (SSSR count). The zero-order valence-electron chi connectivity index (χ0n) is 10.3. The summed E-state index contributed by atoms with van der Waals surface area (Å²) in [7, 11) is 0. The molecule has 0 aliphatic carbocycles. The van der Waals surface area contributed by atoms with E-state index in [9.17, 15) is 4.79 Å². The lowest BCUT2D eigenvalue weighted by Gasteiger charge is -2.07. The highest BCUT2D eigenvalue weighted by Crippen LogP contribution is 2.26. The van der Waals surface area contributed by atoms with Crippen molar-refractivity contribution >= 4 is 44.1 Å². The van der Waals surface area contributed by atoms with E-state index in [1.807, 2.05) is 24.3 Å². The lowest BCUT2D eigenvalue weighted by Crippen LogP contribution is -2.04. The van der Waals surface area contributed by atoms with Crippen LogP contribution in [0.25, 0.3) is 10.8 Å². The second-order valence-electron chi connectivity index (χ2n) is 4.36. The van der Waals surface area contributed by atoms with Crippen LogP contribution < -0.4 is 0 Å². The van der Waals surface area contributed by atoms with E-state index < -0.39 is 0 Å². The number of pyridine rings is 1. The third-order valence-electron chi connectivity index (χ3n) is 3.09. The lowest BCUT2D eigenvalue weighted by atomic mass is 10.00. The molecular weight excluding hydrogens is 338 g/mol. The summed E-state index contributed by atoms with van der Waals surface area (Å²) in [5.74, 6) is -0.0714. The van der Waals surface area contributed by atoms with E-state index >= 15 is 0 Å². The fourth-order valence-corrected chi connectivity index (χ4v) is 2.98. The summed E-state index contributed by atoms with van der Waals surface area (Å²) in [5, 5.41) is 2.43. The Kier molecular flexibility index (Phi) is 3.55. The van der Waals surface area contributed by atoms with Crippen molar-refractivity contribution < 1.29 is 4.79 Å². The maximum Gasteiger partial charge on any atom is 0.196 e. The highest BCUT2D eigenvalue weighted by molar-refractivity contribution is 9.10.